The smallest absolute Gasteiger partial charge is 0.234 e. The molecular weight excluding hydrogens is 194 g/mol. The Labute approximate surface area is 90.0 Å². The van der Waals surface area contributed by atoms with Gasteiger partial charge in [0.25, 0.3) is 0 Å². The monoisotopic (exact) mass is 211 g/mol. The summed E-state index contributed by atoms with van der Waals surface area (Å²) >= 11 is 0. The van der Waals surface area contributed by atoms with Gasteiger partial charge in [0, 0.05) is 19.6 Å². The average molecular weight is 211 g/mol. The summed E-state index contributed by atoms with van der Waals surface area (Å²) in [7, 11) is 0. The summed E-state index contributed by atoms with van der Waals surface area (Å²) in [6.07, 6.45) is 1.99. The number of hydrogen-bond acceptors (Lipinski definition) is 4. The molecule has 1 amide bonds. The first-order valence-corrected chi connectivity index (χ1v) is 4.82. The second-order valence-electron chi connectivity index (χ2n) is 3.01. The molecule has 0 aromatic carbocycles. The fourth-order valence-corrected chi connectivity index (χ4v) is 1.08. The van der Waals surface area contributed by atoms with Gasteiger partial charge in [-0.3, -0.25) is 9.69 Å². The van der Waals surface area contributed by atoms with E-state index < -0.39 is 0 Å². The molecule has 0 radical (unpaired) electrons. The Morgan fingerprint density at radius 3 is 2.93 bits per heavy atom. The molecule has 0 aliphatic rings. The summed E-state index contributed by atoms with van der Waals surface area (Å²) in [6.45, 7) is 5.18. The number of hydrogen-bond donors (Lipinski definition) is 2. The first-order chi connectivity index (χ1) is 7.24. The predicted octanol–water partition coefficient (Wildman–Crippen LogP) is -0.503. The molecule has 5 nitrogen and oxygen atoms in total. The van der Waals surface area contributed by atoms with Gasteiger partial charge in [-0.1, -0.05) is 6.08 Å². The Morgan fingerprint density at radius 2 is 2.40 bits per heavy atom. The summed E-state index contributed by atoms with van der Waals surface area (Å²) in [5.41, 5.74) is 0. The van der Waals surface area contributed by atoms with Crippen LogP contribution in [0.1, 0.15) is 6.42 Å². The van der Waals surface area contributed by atoms with E-state index in [1.807, 2.05) is 6.07 Å². The number of aliphatic hydroxyl groups excluding tert-OH is 1. The van der Waals surface area contributed by atoms with Crippen molar-refractivity contribution in [2.45, 2.75) is 6.42 Å². The Hall–Kier alpha value is -1.38. The highest BCUT2D eigenvalue weighted by molar-refractivity contribution is 5.78. The van der Waals surface area contributed by atoms with Crippen molar-refractivity contribution in [3.63, 3.8) is 0 Å². The Balaban J connectivity index is 3.78. The van der Waals surface area contributed by atoms with Crippen LogP contribution in [0.3, 0.4) is 0 Å². The van der Waals surface area contributed by atoms with Crippen LogP contribution in [0.25, 0.3) is 0 Å². The quantitative estimate of drug-likeness (QED) is 0.419. The molecule has 5 heteroatoms. The second-order valence-corrected chi connectivity index (χ2v) is 3.01. The maximum absolute atomic E-state index is 11.3. The van der Waals surface area contributed by atoms with E-state index in [2.05, 4.69) is 11.9 Å². The standard InChI is InChI=1S/C10H17N3O2/c1-2-6-13(7-8-14)9-10(15)12-5-3-4-11/h2,14H,1,3,5-9H2,(H,12,15). The number of carbonyl (C=O) groups is 1. The lowest BCUT2D eigenvalue weighted by Crippen LogP contribution is -2.38. The molecule has 0 unspecified atom stereocenters. The minimum Gasteiger partial charge on any atom is -0.395 e. The van der Waals surface area contributed by atoms with E-state index in [-0.39, 0.29) is 19.1 Å². The number of carbonyl (C=O) groups excluding carboxylic acids is 1. The fraction of sp³-hybridized carbons (Fsp3) is 0.600. The van der Waals surface area contributed by atoms with Gasteiger partial charge in [-0.25, -0.2) is 0 Å². The molecular formula is C10H17N3O2. The van der Waals surface area contributed by atoms with E-state index in [0.29, 0.717) is 26.1 Å². The molecule has 0 spiro atoms. The third kappa shape index (κ3) is 7.67. The summed E-state index contributed by atoms with van der Waals surface area (Å²) in [6, 6.07) is 1.94. The second kappa shape index (κ2) is 9.19. The highest BCUT2D eigenvalue weighted by Gasteiger charge is 2.07. The van der Waals surface area contributed by atoms with E-state index in [1.165, 1.54) is 0 Å². The van der Waals surface area contributed by atoms with Crippen molar-refractivity contribution in [1.29, 1.82) is 5.26 Å². The van der Waals surface area contributed by atoms with Gasteiger partial charge < -0.3 is 10.4 Å². The molecule has 0 fully saturated rings. The van der Waals surface area contributed by atoms with Crippen molar-refractivity contribution in [2.75, 3.05) is 32.8 Å². The van der Waals surface area contributed by atoms with Gasteiger partial charge >= 0.3 is 0 Å². The van der Waals surface area contributed by atoms with Gasteiger partial charge in [-0.15, -0.1) is 6.58 Å². The van der Waals surface area contributed by atoms with Crippen LogP contribution in [0, 0.1) is 11.3 Å². The van der Waals surface area contributed by atoms with E-state index in [4.69, 9.17) is 10.4 Å². The number of nitriles is 1. The molecule has 0 saturated heterocycles. The van der Waals surface area contributed by atoms with Crippen LogP contribution >= 0.6 is 0 Å². The first-order valence-electron chi connectivity index (χ1n) is 4.82. The van der Waals surface area contributed by atoms with Crippen molar-refractivity contribution >= 4 is 5.91 Å². The molecule has 0 rings (SSSR count). The number of rotatable bonds is 8. The summed E-state index contributed by atoms with van der Waals surface area (Å²) in [5, 5.41) is 19.6. The molecule has 0 aromatic rings. The number of amides is 1. The van der Waals surface area contributed by atoms with E-state index in [9.17, 15) is 4.79 Å². The van der Waals surface area contributed by atoms with Gasteiger partial charge in [0.2, 0.25) is 5.91 Å². The Morgan fingerprint density at radius 1 is 1.67 bits per heavy atom. The first kappa shape index (κ1) is 13.6. The van der Waals surface area contributed by atoms with E-state index >= 15 is 0 Å². The van der Waals surface area contributed by atoms with Crippen LogP contribution < -0.4 is 5.32 Å². The Kier molecular flexibility index (Phi) is 8.34. The zero-order valence-corrected chi connectivity index (χ0v) is 8.78. The van der Waals surface area contributed by atoms with E-state index in [0.717, 1.165) is 0 Å². The third-order valence-corrected chi connectivity index (χ3v) is 1.73. The van der Waals surface area contributed by atoms with Crippen molar-refractivity contribution in [3.8, 4) is 6.07 Å². The largest absolute Gasteiger partial charge is 0.395 e. The minimum absolute atomic E-state index is 0.0132. The molecule has 84 valence electrons. The zero-order chi connectivity index (χ0) is 11.5. The lowest BCUT2D eigenvalue weighted by Gasteiger charge is -2.18. The van der Waals surface area contributed by atoms with E-state index in [1.54, 1.807) is 11.0 Å². The molecule has 0 aromatic heterocycles. The lowest BCUT2D eigenvalue weighted by atomic mass is 10.4. The Bertz CT molecular complexity index is 235. The van der Waals surface area contributed by atoms with Gasteiger partial charge in [0.15, 0.2) is 0 Å². The van der Waals surface area contributed by atoms with Gasteiger partial charge in [0.05, 0.1) is 25.6 Å². The molecule has 15 heavy (non-hydrogen) atoms. The van der Waals surface area contributed by atoms with Gasteiger partial charge in [-0.05, 0) is 0 Å². The van der Waals surface area contributed by atoms with Crippen LogP contribution in [0.4, 0.5) is 0 Å². The minimum atomic E-state index is -0.138. The predicted molar refractivity (Wildman–Crippen MR) is 57.0 cm³/mol. The maximum Gasteiger partial charge on any atom is 0.234 e. The molecule has 0 aliphatic carbocycles. The van der Waals surface area contributed by atoms with Crippen LogP contribution in [0.2, 0.25) is 0 Å². The molecule has 0 atom stereocenters. The van der Waals surface area contributed by atoms with Crippen molar-refractivity contribution in [2.24, 2.45) is 0 Å². The lowest BCUT2D eigenvalue weighted by molar-refractivity contribution is -0.122. The fourth-order valence-electron chi connectivity index (χ4n) is 1.08. The van der Waals surface area contributed by atoms with Crippen LogP contribution in [0.15, 0.2) is 12.7 Å². The van der Waals surface area contributed by atoms with Crippen LogP contribution in [-0.4, -0.2) is 48.7 Å². The summed E-state index contributed by atoms with van der Waals surface area (Å²) in [5.74, 6) is -0.138. The van der Waals surface area contributed by atoms with Crippen LogP contribution in [-0.2, 0) is 4.79 Å². The zero-order valence-electron chi connectivity index (χ0n) is 8.78. The number of nitrogens with one attached hydrogen (secondary N) is 1. The van der Waals surface area contributed by atoms with Crippen LogP contribution in [0.5, 0.6) is 0 Å². The normalized spacial score (nSPS) is 9.67. The van der Waals surface area contributed by atoms with Gasteiger partial charge in [-0.2, -0.15) is 5.26 Å². The third-order valence-electron chi connectivity index (χ3n) is 1.73. The average Bonchev–Trinajstić information content (AvgIpc) is 2.19. The molecule has 2 N–H and O–H groups in total. The SMILES string of the molecule is C=CCN(CCO)CC(=O)NCCC#N. The molecule has 0 aliphatic heterocycles. The van der Waals surface area contributed by atoms with Crippen molar-refractivity contribution in [3.05, 3.63) is 12.7 Å². The summed E-state index contributed by atoms with van der Waals surface area (Å²) < 4.78 is 0. The number of aliphatic hydroxyl groups is 1. The highest BCUT2D eigenvalue weighted by Crippen LogP contribution is 1.87. The number of nitrogens with zero attached hydrogens (tertiary/aromatic N) is 2. The van der Waals surface area contributed by atoms with Crippen molar-refractivity contribution in [1.82, 2.24) is 10.2 Å². The van der Waals surface area contributed by atoms with Crippen molar-refractivity contribution < 1.29 is 9.90 Å². The summed E-state index contributed by atoms with van der Waals surface area (Å²) in [4.78, 5) is 13.1. The maximum atomic E-state index is 11.3. The van der Waals surface area contributed by atoms with Gasteiger partial charge in [0.1, 0.15) is 0 Å². The highest BCUT2D eigenvalue weighted by atomic mass is 16.3. The molecule has 0 heterocycles. The molecule has 0 bridgehead atoms. The topological polar surface area (TPSA) is 76.4 Å². The molecule has 0 saturated carbocycles.